The summed E-state index contributed by atoms with van der Waals surface area (Å²) in [6, 6.07) is 3.52. The summed E-state index contributed by atoms with van der Waals surface area (Å²) in [5.74, 6) is 1.63. The zero-order chi connectivity index (χ0) is 15.3. The smallest absolute Gasteiger partial charge is 0.139 e. The second kappa shape index (κ2) is 8.47. The van der Waals surface area contributed by atoms with Gasteiger partial charge in [-0.2, -0.15) is 0 Å². The molecule has 0 radical (unpaired) electrons. The topological polar surface area (TPSA) is 21.3 Å². The number of halogens is 3. The molecule has 0 heterocycles. The molecule has 0 aliphatic rings. The largest absolute Gasteiger partial charge is 0.487 e. The van der Waals surface area contributed by atoms with E-state index in [0.717, 1.165) is 17.6 Å². The van der Waals surface area contributed by atoms with Gasteiger partial charge in [0.1, 0.15) is 11.9 Å². The fourth-order valence-corrected chi connectivity index (χ4v) is 2.52. The van der Waals surface area contributed by atoms with Crippen molar-refractivity contribution in [2.75, 3.05) is 13.1 Å². The lowest BCUT2D eigenvalue weighted by Gasteiger charge is -2.24. The van der Waals surface area contributed by atoms with E-state index in [9.17, 15) is 0 Å². The minimum atomic E-state index is 0.0588. The van der Waals surface area contributed by atoms with Gasteiger partial charge in [0.2, 0.25) is 0 Å². The molecule has 114 valence electrons. The first kappa shape index (κ1) is 18.1. The highest BCUT2D eigenvalue weighted by molar-refractivity contribution is 9.10. The Morgan fingerprint density at radius 2 is 1.75 bits per heavy atom. The Kier molecular flexibility index (Phi) is 7.67. The van der Waals surface area contributed by atoms with Crippen molar-refractivity contribution >= 4 is 39.1 Å². The number of ether oxygens (including phenoxy) is 1. The molecule has 1 unspecified atom stereocenters. The summed E-state index contributed by atoms with van der Waals surface area (Å²) in [6.07, 6.45) is 0.0588. The number of nitrogens with one attached hydrogen (secondary N) is 1. The van der Waals surface area contributed by atoms with Crippen LogP contribution in [-0.4, -0.2) is 19.2 Å². The van der Waals surface area contributed by atoms with Crippen LogP contribution in [0.1, 0.15) is 27.7 Å². The van der Waals surface area contributed by atoms with Crippen molar-refractivity contribution in [2.24, 2.45) is 11.8 Å². The average molecular weight is 383 g/mol. The van der Waals surface area contributed by atoms with Crippen molar-refractivity contribution in [1.82, 2.24) is 5.32 Å². The van der Waals surface area contributed by atoms with Crippen LogP contribution >= 0.6 is 39.1 Å². The van der Waals surface area contributed by atoms with Crippen molar-refractivity contribution in [2.45, 2.75) is 33.8 Å². The summed E-state index contributed by atoms with van der Waals surface area (Å²) in [4.78, 5) is 0. The molecule has 1 rings (SSSR count). The fraction of sp³-hybridized carbons (Fsp3) is 0.600. The predicted molar refractivity (Wildman–Crippen MR) is 91.1 cm³/mol. The van der Waals surface area contributed by atoms with Crippen molar-refractivity contribution < 1.29 is 4.74 Å². The van der Waals surface area contributed by atoms with Crippen LogP contribution in [0, 0.1) is 11.8 Å². The summed E-state index contributed by atoms with van der Waals surface area (Å²) in [6.45, 7) is 10.4. The van der Waals surface area contributed by atoms with E-state index in [4.69, 9.17) is 27.9 Å². The van der Waals surface area contributed by atoms with Crippen LogP contribution in [0.3, 0.4) is 0 Å². The molecule has 0 saturated carbocycles. The van der Waals surface area contributed by atoms with Crippen molar-refractivity contribution in [3.8, 4) is 5.75 Å². The summed E-state index contributed by atoms with van der Waals surface area (Å²) in [5.41, 5.74) is 0. The Hall–Kier alpha value is 0.0400. The van der Waals surface area contributed by atoms with E-state index in [1.54, 1.807) is 12.1 Å². The van der Waals surface area contributed by atoms with Gasteiger partial charge in [-0.15, -0.1) is 0 Å². The Morgan fingerprint density at radius 3 is 2.30 bits per heavy atom. The first-order valence-electron chi connectivity index (χ1n) is 6.83. The lowest BCUT2D eigenvalue weighted by molar-refractivity contribution is 0.148. The average Bonchev–Trinajstić information content (AvgIpc) is 2.33. The van der Waals surface area contributed by atoms with Gasteiger partial charge in [0.15, 0.2) is 0 Å². The van der Waals surface area contributed by atoms with Gasteiger partial charge in [0.25, 0.3) is 0 Å². The Labute approximate surface area is 140 Å². The minimum absolute atomic E-state index is 0.0588. The zero-order valence-electron chi connectivity index (χ0n) is 12.3. The van der Waals surface area contributed by atoms with Crippen LogP contribution in [-0.2, 0) is 0 Å². The third-order valence-corrected chi connectivity index (χ3v) is 4.39. The van der Waals surface area contributed by atoms with E-state index in [1.165, 1.54) is 0 Å². The van der Waals surface area contributed by atoms with Crippen molar-refractivity contribution in [1.29, 1.82) is 0 Å². The Balaban J connectivity index is 2.73. The highest BCUT2D eigenvalue weighted by Gasteiger charge is 2.17. The monoisotopic (exact) mass is 381 g/mol. The maximum atomic E-state index is 6.20. The van der Waals surface area contributed by atoms with E-state index in [0.29, 0.717) is 27.6 Å². The normalized spacial score (nSPS) is 13.1. The van der Waals surface area contributed by atoms with Crippen LogP contribution < -0.4 is 10.1 Å². The molecule has 1 aromatic carbocycles. The predicted octanol–water partition coefficient (Wildman–Crippen LogP) is 5.40. The molecule has 0 amide bonds. The van der Waals surface area contributed by atoms with E-state index in [-0.39, 0.29) is 6.10 Å². The van der Waals surface area contributed by atoms with Gasteiger partial charge in [-0.05, 0) is 40.4 Å². The van der Waals surface area contributed by atoms with Crippen LogP contribution in [0.2, 0.25) is 10.0 Å². The van der Waals surface area contributed by atoms with Crippen LogP contribution in [0.5, 0.6) is 5.75 Å². The molecule has 1 atom stereocenters. The lowest BCUT2D eigenvalue weighted by Crippen LogP contribution is -2.37. The van der Waals surface area contributed by atoms with Gasteiger partial charge >= 0.3 is 0 Å². The summed E-state index contributed by atoms with van der Waals surface area (Å²) in [5, 5.41) is 4.59. The number of hydrogen-bond donors (Lipinski definition) is 1. The summed E-state index contributed by atoms with van der Waals surface area (Å²) < 4.78 is 6.80. The standard InChI is InChI=1S/C15H22BrCl2NO/c1-9(2)7-19-8-15(10(3)4)20-14-6-12(17)11(16)5-13(14)18/h5-6,9-10,15,19H,7-8H2,1-4H3. The molecule has 0 aromatic heterocycles. The molecule has 2 nitrogen and oxygen atoms in total. The number of hydrogen-bond acceptors (Lipinski definition) is 2. The SMILES string of the molecule is CC(C)CNCC(Oc1cc(Cl)c(Br)cc1Cl)C(C)C. The van der Waals surface area contributed by atoms with Crippen LogP contribution in [0.4, 0.5) is 0 Å². The van der Waals surface area contributed by atoms with Gasteiger partial charge in [-0.3, -0.25) is 0 Å². The minimum Gasteiger partial charge on any atom is -0.487 e. The molecule has 1 aromatic rings. The van der Waals surface area contributed by atoms with Crippen LogP contribution in [0.15, 0.2) is 16.6 Å². The maximum absolute atomic E-state index is 6.20. The van der Waals surface area contributed by atoms with Gasteiger partial charge in [-0.1, -0.05) is 50.9 Å². The second-order valence-electron chi connectivity index (χ2n) is 5.65. The maximum Gasteiger partial charge on any atom is 0.139 e. The van der Waals surface area contributed by atoms with Crippen LogP contribution in [0.25, 0.3) is 0 Å². The fourth-order valence-electron chi connectivity index (χ4n) is 1.69. The van der Waals surface area contributed by atoms with Gasteiger partial charge < -0.3 is 10.1 Å². The third kappa shape index (κ3) is 5.80. The number of benzene rings is 1. The molecule has 20 heavy (non-hydrogen) atoms. The molecule has 5 heteroatoms. The molecule has 0 saturated heterocycles. The van der Waals surface area contributed by atoms with Crippen molar-refractivity contribution in [3.05, 3.63) is 26.7 Å². The highest BCUT2D eigenvalue weighted by Crippen LogP contribution is 2.35. The van der Waals surface area contributed by atoms with Gasteiger partial charge in [0.05, 0.1) is 10.0 Å². The first-order valence-corrected chi connectivity index (χ1v) is 8.38. The van der Waals surface area contributed by atoms with E-state index < -0.39 is 0 Å². The van der Waals surface area contributed by atoms with E-state index in [1.807, 2.05) is 0 Å². The molecule has 0 spiro atoms. The van der Waals surface area contributed by atoms with E-state index in [2.05, 4.69) is 48.9 Å². The molecule has 0 aliphatic carbocycles. The molecule has 0 aliphatic heterocycles. The molecular formula is C15H22BrCl2NO. The van der Waals surface area contributed by atoms with E-state index >= 15 is 0 Å². The first-order chi connectivity index (χ1) is 9.31. The lowest BCUT2D eigenvalue weighted by atomic mass is 10.1. The van der Waals surface area contributed by atoms with Gasteiger partial charge in [0, 0.05) is 17.1 Å². The van der Waals surface area contributed by atoms with Crippen molar-refractivity contribution in [3.63, 3.8) is 0 Å². The third-order valence-electron chi connectivity index (χ3n) is 2.89. The Bertz CT molecular complexity index is 438. The Morgan fingerprint density at radius 1 is 1.10 bits per heavy atom. The molecule has 1 N–H and O–H groups in total. The van der Waals surface area contributed by atoms with Gasteiger partial charge in [-0.25, -0.2) is 0 Å². The summed E-state index contributed by atoms with van der Waals surface area (Å²) >= 11 is 15.6. The zero-order valence-corrected chi connectivity index (χ0v) is 15.4. The number of rotatable bonds is 7. The molecular weight excluding hydrogens is 361 g/mol. The summed E-state index contributed by atoms with van der Waals surface area (Å²) in [7, 11) is 0. The molecule has 0 fully saturated rings. The quantitative estimate of drug-likeness (QED) is 0.637. The second-order valence-corrected chi connectivity index (χ2v) is 7.32. The molecule has 0 bridgehead atoms. The highest BCUT2D eigenvalue weighted by atomic mass is 79.9.